The molecular weight excluding hydrogens is 825 g/mol. The molecule has 3 aromatic rings. The lowest BCUT2D eigenvalue weighted by atomic mass is 10.1. The van der Waals surface area contributed by atoms with Gasteiger partial charge in [-0.3, -0.25) is 48.1 Å². The normalized spacial score (nSPS) is 18.7. The third-order valence-corrected chi connectivity index (χ3v) is 9.40. The Bertz CT molecular complexity index is 2350. The summed E-state index contributed by atoms with van der Waals surface area (Å²) in [5.41, 5.74) is 0.647. The zero-order chi connectivity index (χ0) is 43.9. The highest BCUT2D eigenvalue weighted by atomic mass is 31.2. The number of anilines is 2. The smallest absolute Gasteiger partial charge is 0.384 e. The molecule has 5 rings (SSSR count). The first-order valence-corrected chi connectivity index (χ1v) is 19.2. The van der Waals surface area contributed by atoms with Crippen molar-refractivity contribution in [2.45, 2.75) is 57.0 Å². The van der Waals surface area contributed by atoms with Crippen molar-refractivity contribution in [3.8, 4) is 0 Å². The van der Waals surface area contributed by atoms with Gasteiger partial charge in [-0.25, -0.2) is 14.8 Å². The van der Waals surface area contributed by atoms with Crippen LogP contribution >= 0.6 is 7.82 Å². The lowest BCUT2D eigenvalue weighted by molar-refractivity contribution is -0.385. The third kappa shape index (κ3) is 11.0. The number of phosphoric acid groups is 1. The molecule has 0 saturated carbocycles. The second-order valence-electron chi connectivity index (χ2n) is 13.1. The van der Waals surface area contributed by atoms with Crippen LogP contribution in [0.15, 0.2) is 76.8 Å². The van der Waals surface area contributed by atoms with Crippen LogP contribution in [0.2, 0.25) is 0 Å². The van der Waals surface area contributed by atoms with Crippen LogP contribution in [0.3, 0.4) is 0 Å². The van der Waals surface area contributed by atoms with Crippen LogP contribution in [0.25, 0.3) is 0 Å². The van der Waals surface area contributed by atoms with E-state index < -0.39 is 84.6 Å². The van der Waals surface area contributed by atoms with Crippen LogP contribution in [0.1, 0.15) is 65.1 Å². The Morgan fingerprint density at radius 1 is 1.00 bits per heavy atom. The van der Waals surface area contributed by atoms with E-state index in [1.54, 1.807) is 0 Å². The molecular formula is C35H35F2N8O14P. The van der Waals surface area contributed by atoms with Crippen molar-refractivity contribution in [3.05, 3.63) is 104 Å². The molecule has 22 nitrogen and oxygen atoms in total. The average molecular weight is 861 g/mol. The largest absolute Gasteiger partial charge is 0.469 e. The number of carbonyl (C=O) groups excluding carboxylic acids is 5. The number of unbranched alkanes of at least 4 members (excludes halogenated alkanes) is 2. The van der Waals surface area contributed by atoms with Gasteiger partial charge < -0.3 is 30.3 Å². The number of rotatable bonds is 17. The molecule has 3 heterocycles. The molecule has 60 heavy (non-hydrogen) atoms. The number of benzene rings is 2. The molecule has 0 aliphatic carbocycles. The fraction of sp³-hybridized carbons (Fsp3) is 0.314. The quantitative estimate of drug-likeness (QED) is 0.0282. The highest BCUT2D eigenvalue weighted by Gasteiger charge is 2.60. The van der Waals surface area contributed by atoms with Crippen molar-refractivity contribution in [2.75, 3.05) is 23.8 Å². The van der Waals surface area contributed by atoms with E-state index in [2.05, 4.69) is 30.7 Å². The molecule has 3 atom stereocenters. The van der Waals surface area contributed by atoms with Gasteiger partial charge >= 0.3 is 19.4 Å². The van der Waals surface area contributed by atoms with Crippen LogP contribution in [-0.4, -0.2) is 101 Å². The standard InChI is InChI=1S/C35H35F2N8O14P/c1-19(41-42-32(51)23-11-10-22(17-24(23)45(53)54)38-27(46)5-3-2-4-15-43-28(47)12-13-29(43)48)20-6-8-21(9-7-20)31(50)39-26-14-16-44(34(52)40-26)33-35(36,37)30(49)25(59-33)18-58-60(55,56)57/h6-14,16-17,25,30,33,49H,2-5,15,18H2,1H3,(H,38,46)(H,42,51)(H2,55,56,57)(H,39,40,50,52)/b41-19+/t25-,30+,33-/m1/s1. The maximum Gasteiger partial charge on any atom is 0.469 e. The van der Waals surface area contributed by atoms with Gasteiger partial charge in [0, 0.05) is 48.6 Å². The summed E-state index contributed by atoms with van der Waals surface area (Å²) in [5.74, 6) is -7.41. The topological polar surface area (TPSA) is 311 Å². The predicted molar refractivity (Wildman–Crippen MR) is 201 cm³/mol. The van der Waals surface area contributed by atoms with Gasteiger partial charge in [0.15, 0.2) is 6.10 Å². The Labute approximate surface area is 336 Å². The Morgan fingerprint density at radius 2 is 1.67 bits per heavy atom. The number of phosphoric ester groups is 1. The maximum atomic E-state index is 14.7. The van der Waals surface area contributed by atoms with Crippen LogP contribution in [0.5, 0.6) is 0 Å². The van der Waals surface area contributed by atoms with E-state index in [0.29, 0.717) is 29.4 Å². The fourth-order valence-corrected chi connectivity index (χ4v) is 6.15. The van der Waals surface area contributed by atoms with Crippen LogP contribution in [-0.2, 0) is 28.2 Å². The third-order valence-electron chi connectivity index (χ3n) is 8.91. The molecule has 318 valence electrons. The van der Waals surface area contributed by atoms with Crippen LogP contribution in [0, 0.1) is 10.1 Å². The van der Waals surface area contributed by atoms with Crippen molar-refractivity contribution in [2.24, 2.45) is 5.10 Å². The van der Waals surface area contributed by atoms with Crippen molar-refractivity contribution in [3.63, 3.8) is 0 Å². The highest BCUT2D eigenvalue weighted by molar-refractivity contribution is 7.46. The monoisotopic (exact) mass is 860 g/mol. The van der Waals surface area contributed by atoms with E-state index in [1.165, 1.54) is 49.4 Å². The summed E-state index contributed by atoms with van der Waals surface area (Å²) in [5, 5.41) is 30.6. The van der Waals surface area contributed by atoms with Gasteiger partial charge in [-0.05, 0) is 55.7 Å². The molecule has 25 heteroatoms. The molecule has 2 aliphatic rings. The second-order valence-corrected chi connectivity index (χ2v) is 14.4. The van der Waals surface area contributed by atoms with Crippen molar-refractivity contribution >= 4 is 60.3 Å². The van der Waals surface area contributed by atoms with E-state index in [0.717, 1.165) is 29.3 Å². The first kappa shape index (κ1) is 44.7. The minimum atomic E-state index is -5.09. The number of halogens is 2. The molecule has 2 aromatic carbocycles. The molecule has 6 N–H and O–H groups in total. The summed E-state index contributed by atoms with van der Waals surface area (Å²) < 4.78 is 49.8. The Balaban J connectivity index is 1.13. The van der Waals surface area contributed by atoms with Crippen molar-refractivity contribution < 1.29 is 66.4 Å². The number of nitro groups is 1. The number of carbonyl (C=O) groups is 5. The lowest BCUT2D eigenvalue weighted by Crippen LogP contribution is -2.42. The minimum absolute atomic E-state index is 0.0386. The number of aliphatic hydroxyl groups excluding tert-OH is 1. The van der Waals surface area contributed by atoms with E-state index in [4.69, 9.17) is 14.5 Å². The number of nitrogens with one attached hydrogen (secondary N) is 3. The average Bonchev–Trinajstić information content (AvgIpc) is 3.63. The fourth-order valence-electron chi connectivity index (χ4n) is 5.81. The number of aromatic nitrogens is 2. The summed E-state index contributed by atoms with van der Waals surface area (Å²) in [7, 11) is -5.09. The summed E-state index contributed by atoms with van der Waals surface area (Å²) >= 11 is 0. The molecule has 0 unspecified atom stereocenters. The maximum absolute atomic E-state index is 14.7. The van der Waals surface area contributed by atoms with E-state index >= 15 is 0 Å². The lowest BCUT2D eigenvalue weighted by Gasteiger charge is -2.21. The van der Waals surface area contributed by atoms with Gasteiger partial charge in [-0.1, -0.05) is 18.6 Å². The van der Waals surface area contributed by atoms with Gasteiger partial charge in [0.2, 0.25) is 12.1 Å². The first-order chi connectivity index (χ1) is 28.2. The zero-order valence-electron chi connectivity index (χ0n) is 31.1. The highest BCUT2D eigenvalue weighted by Crippen LogP contribution is 2.44. The van der Waals surface area contributed by atoms with E-state index in [9.17, 15) is 57.3 Å². The number of alkyl halides is 2. The van der Waals surface area contributed by atoms with Gasteiger partial charge in [0.1, 0.15) is 17.5 Å². The van der Waals surface area contributed by atoms with Gasteiger partial charge in [0.25, 0.3) is 29.3 Å². The van der Waals surface area contributed by atoms with Crippen molar-refractivity contribution in [1.29, 1.82) is 0 Å². The number of nitro benzene ring substituents is 1. The molecule has 2 aliphatic heterocycles. The predicted octanol–water partition coefficient (Wildman–Crippen LogP) is 1.98. The molecule has 0 spiro atoms. The molecule has 1 aromatic heterocycles. The number of imide groups is 1. The molecule has 1 fully saturated rings. The molecule has 0 radical (unpaired) electrons. The second kappa shape index (κ2) is 18.7. The number of nitrogens with zero attached hydrogens (tertiary/aromatic N) is 5. The molecule has 5 amide bonds. The van der Waals surface area contributed by atoms with E-state index in [-0.39, 0.29) is 41.3 Å². The summed E-state index contributed by atoms with van der Waals surface area (Å²) in [6.45, 7) is 0.599. The summed E-state index contributed by atoms with van der Waals surface area (Å²) in [6, 6.07) is 10.0. The summed E-state index contributed by atoms with van der Waals surface area (Å²) in [4.78, 5) is 107. The van der Waals surface area contributed by atoms with Gasteiger partial charge in [-0.15, -0.1) is 0 Å². The van der Waals surface area contributed by atoms with Crippen molar-refractivity contribution in [1.82, 2.24) is 19.9 Å². The Hall–Kier alpha value is -6.43. The molecule has 1 saturated heterocycles. The van der Waals surface area contributed by atoms with Crippen LogP contribution in [0.4, 0.5) is 26.0 Å². The number of ether oxygens (including phenoxy) is 1. The SMILES string of the molecule is C/C(=N\NC(=O)c1ccc(NC(=O)CCCCCN2C(=O)C=CC2=O)cc1[N+](=O)[O-])c1ccc(C(=O)Nc2ccn([C@@H]3O[C@H](COP(=O)(O)O)[C@H](O)C3(F)F)c(=O)n2)cc1. The number of hydrazone groups is 1. The number of hydrogen-bond acceptors (Lipinski definition) is 14. The van der Waals surface area contributed by atoms with Crippen LogP contribution < -0.4 is 21.7 Å². The summed E-state index contributed by atoms with van der Waals surface area (Å²) in [6.07, 6.45) is -2.26. The minimum Gasteiger partial charge on any atom is -0.384 e. The Kier molecular flexibility index (Phi) is 13.9. The van der Waals surface area contributed by atoms with Gasteiger partial charge in [0.05, 0.1) is 17.2 Å². The number of hydrogen-bond donors (Lipinski definition) is 6. The first-order valence-electron chi connectivity index (χ1n) is 17.6. The van der Waals surface area contributed by atoms with E-state index in [1.807, 2.05) is 0 Å². The van der Waals surface area contributed by atoms with Gasteiger partial charge in [-0.2, -0.15) is 18.9 Å². The molecule has 0 bridgehead atoms. The Morgan fingerprint density at radius 3 is 2.30 bits per heavy atom. The zero-order valence-corrected chi connectivity index (χ0v) is 32.0. The number of amides is 5. The number of aliphatic hydroxyl groups is 1.